The monoisotopic (exact) mass is 296 g/mol. The molecule has 4 nitrogen and oxygen atoms in total. The number of ether oxygens (including phenoxy) is 2. The van der Waals surface area contributed by atoms with Gasteiger partial charge < -0.3 is 14.8 Å². The first-order valence-corrected chi connectivity index (χ1v) is 7.18. The minimum atomic E-state index is -4.18. The molecule has 0 aromatic carbocycles. The second-order valence-corrected chi connectivity index (χ2v) is 5.62. The number of nitrogens with one attached hydrogen (secondary N) is 1. The average molecular weight is 296 g/mol. The maximum atomic E-state index is 12.6. The van der Waals surface area contributed by atoms with Crippen molar-refractivity contribution in [2.45, 2.75) is 43.8 Å². The Morgan fingerprint density at radius 3 is 2.60 bits per heavy atom. The van der Waals surface area contributed by atoms with E-state index in [2.05, 4.69) is 5.32 Å². The van der Waals surface area contributed by atoms with Crippen molar-refractivity contribution in [2.75, 3.05) is 39.8 Å². The first kappa shape index (κ1) is 16.0. The summed E-state index contributed by atoms with van der Waals surface area (Å²) in [6, 6.07) is 0. The fraction of sp³-hybridized carbons (Fsp3) is 1.00. The Bertz CT molecular complexity index is 306. The number of hydrogen-bond donors (Lipinski definition) is 1. The molecule has 1 N–H and O–H groups in total. The summed E-state index contributed by atoms with van der Waals surface area (Å²) in [5, 5.41) is 2.88. The van der Waals surface area contributed by atoms with Crippen LogP contribution < -0.4 is 5.32 Å². The molecular weight excluding hydrogens is 273 g/mol. The zero-order valence-corrected chi connectivity index (χ0v) is 11.8. The predicted octanol–water partition coefficient (Wildman–Crippen LogP) is 1.76. The molecule has 0 amide bonds. The molecule has 0 radical (unpaired) electrons. The minimum Gasteiger partial charge on any atom is -0.347 e. The molecule has 7 heteroatoms. The lowest BCUT2D eigenvalue weighted by atomic mass is 10.2. The van der Waals surface area contributed by atoms with Crippen LogP contribution in [0.1, 0.15) is 25.7 Å². The minimum absolute atomic E-state index is 0.257. The van der Waals surface area contributed by atoms with Gasteiger partial charge in [-0.1, -0.05) is 0 Å². The van der Waals surface area contributed by atoms with Crippen LogP contribution in [0.2, 0.25) is 0 Å². The summed E-state index contributed by atoms with van der Waals surface area (Å²) < 4.78 is 49.3. The first-order valence-electron chi connectivity index (χ1n) is 7.18. The maximum Gasteiger partial charge on any atom is 0.401 e. The Hall–Kier alpha value is -0.370. The lowest BCUT2D eigenvalue weighted by Crippen LogP contribution is -2.43. The van der Waals surface area contributed by atoms with Crippen LogP contribution >= 0.6 is 0 Å². The van der Waals surface area contributed by atoms with Crippen molar-refractivity contribution < 1.29 is 22.6 Å². The third-order valence-corrected chi connectivity index (χ3v) is 3.82. The Morgan fingerprint density at radius 1 is 1.30 bits per heavy atom. The van der Waals surface area contributed by atoms with Gasteiger partial charge in [-0.2, -0.15) is 13.2 Å². The van der Waals surface area contributed by atoms with Gasteiger partial charge >= 0.3 is 6.18 Å². The Morgan fingerprint density at radius 2 is 2.00 bits per heavy atom. The van der Waals surface area contributed by atoms with Crippen molar-refractivity contribution in [2.24, 2.45) is 0 Å². The van der Waals surface area contributed by atoms with Gasteiger partial charge in [0.1, 0.15) is 0 Å². The number of hydrogen-bond acceptors (Lipinski definition) is 4. The summed E-state index contributed by atoms with van der Waals surface area (Å²) in [5.74, 6) is -0.502. The molecule has 0 bridgehead atoms. The molecule has 0 aromatic rings. The van der Waals surface area contributed by atoms with E-state index in [1.54, 1.807) is 7.05 Å². The fourth-order valence-electron chi connectivity index (χ4n) is 2.93. The smallest absolute Gasteiger partial charge is 0.347 e. The van der Waals surface area contributed by atoms with Gasteiger partial charge in [-0.25, -0.2) is 0 Å². The van der Waals surface area contributed by atoms with Crippen LogP contribution in [0.5, 0.6) is 0 Å². The lowest BCUT2D eigenvalue weighted by molar-refractivity contribution is -0.169. The lowest BCUT2D eigenvalue weighted by Gasteiger charge is -2.27. The van der Waals surface area contributed by atoms with E-state index in [1.807, 2.05) is 0 Å². The fourth-order valence-corrected chi connectivity index (χ4v) is 2.93. The number of nitrogens with zero attached hydrogens (tertiary/aromatic N) is 1. The van der Waals surface area contributed by atoms with E-state index in [4.69, 9.17) is 9.47 Å². The molecule has 1 heterocycles. The van der Waals surface area contributed by atoms with Gasteiger partial charge in [0.05, 0.1) is 19.3 Å². The molecular formula is C13H23F3N2O2. The van der Waals surface area contributed by atoms with Crippen LogP contribution in [0.15, 0.2) is 0 Å². The van der Waals surface area contributed by atoms with E-state index >= 15 is 0 Å². The second-order valence-electron chi connectivity index (χ2n) is 5.62. The van der Waals surface area contributed by atoms with Gasteiger partial charge in [0, 0.05) is 32.5 Å². The molecule has 1 aliphatic heterocycles. The predicted molar refractivity (Wildman–Crippen MR) is 68.4 cm³/mol. The largest absolute Gasteiger partial charge is 0.401 e. The van der Waals surface area contributed by atoms with Crippen LogP contribution in [0.3, 0.4) is 0 Å². The molecule has 2 fully saturated rings. The summed E-state index contributed by atoms with van der Waals surface area (Å²) in [6.07, 6.45) is -0.582. The van der Waals surface area contributed by atoms with Gasteiger partial charge in [0.15, 0.2) is 5.79 Å². The molecule has 1 atom stereocenters. The van der Waals surface area contributed by atoms with E-state index in [0.29, 0.717) is 19.7 Å². The van der Waals surface area contributed by atoms with Gasteiger partial charge in [-0.15, -0.1) is 0 Å². The van der Waals surface area contributed by atoms with Crippen molar-refractivity contribution in [3.8, 4) is 0 Å². The quantitative estimate of drug-likeness (QED) is 0.810. The van der Waals surface area contributed by atoms with Crippen molar-refractivity contribution in [3.05, 3.63) is 0 Å². The normalized spacial score (nSPS) is 25.9. The summed E-state index contributed by atoms with van der Waals surface area (Å²) in [5.41, 5.74) is 0. The number of alkyl halides is 3. The molecule has 1 unspecified atom stereocenters. The molecule has 2 aliphatic rings. The SMILES string of the molecule is CNCCN(CC1COC2(CCCC2)O1)CC(F)(F)F. The highest BCUT2D eigenvalue weighted by atomic mass is 19.4. The van der Waals surface area contributed by atoms with Gasteiger partial charge in [0.2, 0.25) is 0 Å². The Kier molecular flexibility index (Phi) is 5.28. The highest BCUT2D eigenvalue weighted by molar-refractivity contribution is 4.85. The summed E-state index contributed by atoms with van der Waals surface area (Å²) in [6.45, 7) is 0.635. The summed E-state index contributed by atoms with van der Waals surface area (Å²) >= 11 is 0. The third-order valence-electron chi connectivity index (χ3n) is 3.82. The molecule has 0 aromatic heterocycles. The average Bonchev–Trinajstić information content (AvgIpc) is 2.96. The second kappa shape index (κ2) is 6.60. The topological polar surface area (TPSA) is 33.7 Å². The van der Waals surface area contributed by atoms with Crippen LogP contribution in [0.25, 0.3) is 0 Å². The van der Waals surface area contributed by atoms with E-state index < -0.39 is 18.5 Å². The van der Waals surface area contributed by atoms with Crippen molar-refractivity contribution in [1.82, 2.24) is 10.2 Å². The number of halogens is 3. The molecule has 2 rings (SSSR count). The highest BCUT2D eigenvalue weighted by Gasteiger charge is 2.44. The van der Waals surface area contributed by atoms with Crippen molar-refractivity contribution in [3.63, 3.8) is 0 Å². The maximum absolute atomic E-state index is 12.6. The highest BCUT2D eigenvalue weighted by Crippen LogP contribution is 2.39. The zero-order valence-electron chi connectivity index (χ0n) is 11.8. The summed E-state index contributed by atoms with van der Waals surface area (Å²) in [7, 11) is 1.73. The third kappa shape index (κ3) is 4.58. The Labute approximate surface area is 117 Å². The van der Waals surface area contributed by atoms with Gasteiger partial charge in [-0.3, -0.25) is 4.90 Å². The van der Waals surface area contributed by atoms with E-state index in [9.17, 15) is 13.2 Å². The van der Waals surface area contributed by atoms with Crippen molar-refractivity contribution >= 4 is 0 Å². The number of rotatable bonds is 6. The molecule has 1 saturated carbocycles. The molecule has 1 aliphatic carbocycles. The van der Waals surface area contributed by atoms with Crippen LogP contribution in [-0.2, 0) is 9.47 Å². The Balaban J connectivity index is 1.84. The molecule has 1 saturated heterocycles. The molecule has 20 heavy (non-hydrogen) atoms. The van der Waals surface area contributed by atoms with E-state index in [0.717, 1.165) is 25.7 Å². The summed E-state index contributed by atoms with van der Waals surface area (Å²) in [4.78, 5) is 1.39. The standard InChI is InChI=1S/C13H23F3N2O2/c1-17-6-7-18(10-13(14,15)16)8-11-9-19-12(20-11)4-2-3-5-12/h11,17H,2-10H2,1H3. The van der Waals surface area contributed by atoms with Gasteiger partial charge in [0.25, 0.3) is 0 Å². The van der Waals surface area contributed by atoms with Crippen LogP contribution in [0.4, 0.5) is 13.2 Å². The van der Waals surface area contributed by atoms with Crippen molar-refractivity contribution in [1.29, 1.82) is 0 Å². The van der Waals surface area contributed by atoms with E-state index in [-0.39, 0.29) is 12.6 Å². The zero-order chi connectivity index (χ0) is 14.6. The van der Waals surface area contributed by atoms with E-state index in [1.165, 1.54) is 4.90 Å². The van der Waals surface area contributed by atoms with Crippen LogP contribution in [0, 0.1) is 0 Å². The van der Waals surface area contributed by atoms with Crippen LogP contribution in [-0.4, -0.2) is 62.8 Å². The molecule has 1 spiro atoms. The molecule has 118 valence electrons. The van der Waals surface area contributed by atoms with Gasteiger partial charge in [-0.05, 0) is 19.9 Å². The number of likely N-dealkylation sites (N-methyl/N-ethyl adjacent to an activating group) is 1. The first-order chi connectivity index (χ1) is 9.42.